The van der Waals surface area contributed by atoms with Gasteiger partial charge in [-0.15, -0.1) is 0 Å². The highest BCUT2D eigenvalue weighted by atomic mass is 16.5. The standard InChI is InChI=1S/C12H16N2O4/c1-18-7-6-14(8-11(15)16)12(17)9-2-4-10(13)5-3-9/h2-5H,6-8,13H2,1H3,(H,15,16). The first-order chi connectivity index (χ1) is 8.54. The number of rotatable bonds is 6. The molecule has 18 heavy (non-hydrogen) atoms. The van der Waals surface area contributed by atoms with Crippen molar-refractivity contribution < 1.29 is 19.4 Å². The molecule has 0 fully saturated rings. The fourth-order valence-corrected chi connectivity index (χ4v) is 1.43. The number of hydrogen-bond acceptors (Lipinski definition) is 4. The third kappa shape index (κ3) is 4.06. The van der Waals surface area contributed by atoms with Crippen LogP contribution in [0.1, 0.15) is 10.4 Å². The number of carbonyl (C=O) groups is 2. The normalized spacial score (nSPS) is 10.1. The summed E-state index contributed by atoms with van der Waals surface area (Å²) in [5.74, 6) is -1.41. The van der Waals surface area contributed by atoms with E-state index in [-0.39, 0.29) is 25.6 Å². The molecule has 0 aliphatic rings. The lowest BCUT2D eigenvalue weighted by Gasteiger charge is -2.20. The van der Waals surface area contributed by atoms with Gasteiger partial charge in [-0.2, -0.15) is 0 Å². The summed E-state index contributed by atoms with van der Waals surface area (Å²) < 4.78 is 4.85. The number of nitrogen functional groups attached to an aromatic ring is 1. The van der Waals surface area contributed by atoms with Crippen molar-refractivity contribution >= 4 is 17.6 Å². The number of anilines is 1. The number of benzene rings is 1. The Morgan fingerprint density at radius 2 is 1.94 bits per heavy atom. The molecule has 0 bridgehead atoms. The minimum atomic E-state index is -1.06. The van der Waals surface area contributed by atoms with Crippen LogP contribution < -0.4 is 5.73 Å². The van der Waals surface area contributed by atoms with Crippen molar-refractivity contribution in [2.45, 2.75) is 0 Å². The molecule has 1 rings (SSSR count). The van der Waals surface area contributed by atoms with E-state index in [1.165, 1.54) is 12.0 Å². The fourth-order valence-electron chi connectivity index (χ4n) is 1.43. The molecule has 6 heteroatoms. The van der Waals surface area contributed by atoms with E-state index in [1.54, 1.807) is 24.3 Å². The maximum absolute atomic E-state index is 12.1. The lowest BCUT2D eigenvalue weighted by Crippen LogP contribution is -2.38. The Morgan fingerprint density at radius 1 is 1.33 bits per heavy atom. The van der Waals surface area contributed by atoms with Gasteiger partial charge in [0.05, 0.1) is 6.61 Å². The highest BCUT2D eigenvalue weighted by molar-refractivity contribution is 5.96. The van der Waals surface area contributed by atoms with Crippen LogP contribution in [0.15, 0.2) is 24.3 Å². The number of carboxylic acid groups (broad SMARTS) is 1. The van der Waals surface area contributed by atoms with Crippen LogP contribution >= 0.6 is 0 Å². The van der Waals surface area contributed by atoms with Gasteiger partial charge in [0, 0.05) is 24.9 Å². The van der Waals surface area contributed by atoms with Crippen LogP contribution in [-0.2, 0) is 9.53 Å². The number of methoxy groups -OCH3 is 1. The quantitative estimate of drug-likeness (QED) is 0.717. The number of aliphatic carboxylic acids is 1. The minimum Gasteiger partial charge on any atom is -0.480 e. The van der Waals surface area contributed by atoms with Crippen molar-refractivity contribution in [3.63, 3.8) is 0 Å². The second-order valence-electron chi connectivity index (χ2n) is 3.74. The van der Waals surface area contributed by atoms with Gasteiger partial charge in [-0.25, -0.2) is 0 Å². The Morgan fingerprint density at radius 3 is 2.44 bits per heavy atom. The molecule has 0 unspecified atom stereocenters. The van der Waals surface area contributed by atoms with Crippen molar-refractivity contribution in [2.75, 3.05) is 32.5 Å². The number of ether oxygens (including phenoxy) is 1. The molecule has 0 heterocycles. The Labute approximate surface area is 105 Å². The number of nitrogens with zero attached hydrogens (tertiary/aromatic N) is 1. The summed E-state index contributed by atoms with van der Waals surface area (Å²) in [5, 5.41) is 8.77. The number of amides is 1. The molecule has 98 valence electrons. The van der Waals surface area contributed by atoms with E-state index < -0.39 is 5.97 Å². The summed E-state index contributed by atoms with van der Waals surface area (Å²) in [6, 6.07) is 6.34. The van der Waals surface area contributed by atoms with Gasteiger partial charge < -0.3 is 20.5 Å². The first kappa shape index (κ1) is 14.0. The van der Waals surface area contributed by atoms with Crippen LogP contribution in [0, 0.1) is 0 Å². The number of nitrogens with two attached hydrogens (primary N) is 1. The van der Waals surface area contributed by atoms with E-state index in [0.717, 1.165) is 0 Å². The van der Waals surface area contributed by atoms with Gasteiger partial charge in [-0.1, -0.05) is 0 Å². The molecule has 0 saturated carbocycles. The van der Waals surface area contributed by atoms with E-state index in [1.807, 2.05) is 0 Å². The Kier molecular flexibility index (Phi) is 5.13. The lowest BCUT2D eigenvalue weighted by molar-refractivity contribution is -0.137. The second kappa shape index (κ2) is 6.61. The van der Waals surface area contributed by atoms with Crippen LogP contribution in [0.5, 0.6) is 0 Å². The van der Waals surface area contributed by atoms with Crippen LogP contribution in [0.3, 0.4) is 0 Å². The summed E-state index contributed by atoms with van der Waals surface area (Å²) in [4.78, 5) is 24.0. The van der Waals surface area contributed by atoms with Crippen molar-refractivity contribution in [1.29, 1.82) is 0 Å². The molecule has 0 aliphatic carbocycles. The predicted octanol–water partition coefficient (Wildman–Crippen LogP) is 0.442. The largest absolute Gasteiger partial charge is 0.480 e. The smallest absolute Gasteiger partial charge is 0.323 e. The van der Waals surface area contributed by atoms with E-state index in [2.05, 4.69) is 0 Å². The molecule has 0 saturated heterocycles. The van der Waals surface area contributed by atoms with Crippen LogP contribution in [0.4, 0.5) is 5.69 Å². The molecule has 0 aliphatic heterocycles. The van der Waals surface area contributed by atoms with E-state index in [0.29, 0.717) is 11.3 Å². The maximum atomic E-state index is 12.1. The third-order valence-corrected chi connectivity index (χ3v) is 2.34. The Bertz CT molecular complexity index is 417. The molecule has 3 N–H and O–H groups in total. The molecular formula is C12H16N2O4. The van der Waals surface area contributed by atoms with Crippen molar-refractivity contribution in [1.82, 2.24) is 4.90 Å². The van der Waals surface area contributed by atoms with Crippen LogP contribution in [0.25, 0.3) is 0 Å². The van der Waals surface area contributed by atoms with Crippen molar-refractivity contribution in [3.8, 4) is 0 Å². The van der Waals surface area contributed by atoms with Gasteiger partial charge in [-0.3, -0.25) is 9.59 Å². The van der Waals surface area contributed by atoms with Gasteiger partial charge in [0.1, 0.15) is 6.54 Å². The monoisotopic (exact) mass is 252 g/mol. The molecule has 6 nitrogen and oxygen atoms in total. The highest BCUT2D eigenvalue weighted by Gasteiger charge is 2.17. The van der Waals surface area contributed by atoms with E-state index in [4.69, 9.17) is 15.6 Å². The molecule has 1 aromatic rings. The molecule has 0 spiro atoms. The molecule has 0 atom stereocenters. The van der Waals surface area contributed by atoms with Crippen molar-refractivity contribution in [3.05, 3.63) is 29.8 Å². The SMILES string of the molecule is COCCN(CC(=O)O)C(=O)c1ccc(N)cc1. The van der Waals surface area contributed by atoms with Gasteiger partial charge in [0.25, 0.3) is 5.91 Å². The van der Waals surface area contributed by atoms with E-state index >= 15 is 0 Å². The zero-order valence-electron chi connectivity index (χ0n) is 10.1. The molecule has 1 amide bonds. The lowest BCUT2D eigenvalue weighted by atomic mass is 10.2. The number of carbonyl (C=O) groups excluding carboxylic acids is 1. The average Bonchev–Trinajstić information content (AvgIpc) is 2.34. The zero-order valence-corrected chi connectivity index (χ0v) is 10.1. The Hall–Kier alpha value is -2.08. The first-order valence-corrected chi connectivity index (χ1v) is 5.40. The number of carboxylic acids is 1. The van der Waals surface area contributed by atoms with Crippen molar-refractivity contribution in [2.24, 2.45) is 0 Å². The predicted molar refractivity (Wildman–Crippen MR) is 66.3 cm³/mol. The summed E-state index contributed by atoms with van der Waals surface area (Å²) in [6.45, 7) is 0.159. The van der Waals surface area contributed by atoms with Gasteiger partial charge in [-0.05, 0) is 24.3 Å². The summed E-state index contributed by atoms with van der Waals surface area (Å²) >= 11 is 0. The summed E-state index contributed by atoms with van der Waals surface area (Å²) in [7, 11) is 1.49. The average molecular weight is 252 g/mol. The first-order valence-electron chi connectivity index (χ1n) is 5.40. The second-order valence-corrected chi connectivity index (χ2v) is 3.74. The highest BCUT2D eigenvalue weighted by Crippen LogP contribution is 2.08. The molecule has 0 aromatic heterocycles. The molecule has 1 aromatic carbocycles. The van der Waals surface area contributed by atoms with Gasteiger partial charge in [0.15, 0.2) is 0 Å². The minimum absolute atomic E-state index is 0.228. The van der Waals surface area contributed by atoms with E-state index in [9.17, 15) is 9.59 Å². The van der Waals surface area contributed by atoms with Crippen LogP contribution in [-0.4, -0.2) is 48.7 Å². The van der Waals surface area contributed by atoms with Gasteiger partial charge >= 0.3 is 5.97 Å². The number of hydrogen-bond donors (Lipinski definition) is 2. The Balaban J connectivity index is 2.80. The maximum Gasteiger partial charge on any atom is 0.323 e. The molecular weight excluding hydrogens is 236 g/mol. The van der Waals surface area contributed by atoms with Gasteiger partial charge in [0.2, 0.25) is 0 Å². The topological polar surface area (TPSA) is 92.9 Å². The van der Waals surface area contributed by atoms with Crippen LogP contribution in [0.2, 0.25) is 0 Å². The third-order valence-electron chi connectivity index (χ3n) is 2.34. The summed E-state index contributed by atoms with van der Waals surface area (Å²) in [5.41, 5.74) is 6.48. The molecule has 0 radical (unpaired) electrons. The summed E-state index contributed by atoms with van der Waals surface area (Å²) in [6.07, 6.45) is 0. The zero-order chi connectivity index (χ0) is 13.5. The fraction of sp³-hybridized carbons (Fsp3) is 0.333.